The van der Waals surface area contributed by atoms with Crippen molar-refractivity contribution in [2.24, 2.45) is 5.92 Å². The third-order valence-corrected chi connectivity index (χ3v) is 7.71. The molecule has 0 radical (unpaired) electrons. The van der Waals surface area contributed by atoms with Gasteiger partial charge < -0.3 is 4.90 Å². The van der Waals surface area contributed by atoms with Crippen LogP contribution in [0.5, 0.6) is 0 Å². The minimum Gasteiger partial charge on any atom is -0.300 e. The van der Waals surface area contributed by atoms with Crippen molar-refractivity contribution in [1.29, 1.82) is 0 Å². The summed E-state index contributed by atoms with van der Waals surface area (Å²) in [5.74, 6) is 0.478. The lowest BCUT2D eigenvalue weighted by Crippen LogP contribution is -2.45. The molecule has 6 heteroatoms. The fourth-order valence-electron chi connectivity index (χ4n) is 5.54. The number of piperidine rings is 1. The zero-order chi connectivity index (χ0) is 23.2. The third kappa shape index (κ3) is 3.86. The Labute approximate surface area is 200 Å². The van der Waals surface area contributed by atoms with Crippen LogP contribution in [0.25, 0.3) is 11.1 Å². The Kier molecular flexibility index (Phi) is 5.33. The van der Waals surface area contributed by atoms with Crippen LogP contribution in [-0.4, -0.2) is 49.4 Å². The Morgan fingerprint density at radius 1 is 1.03 bits per heavy atom. The molecular formula is C28H31N5O. The SMILES string of the molecule is Cc1cn2nc(C3=CC(=O)N4C=C(C5CCN(C6CCC6)CC5)C=C/C4=C\C=C3)cc2c(C)n1. The minimum atomic E-state index is -0.0394. The number of likely N-dealkylation sites (tertiary alicyclic amines) is 1. The summed E-state index contributed by atoms with van der Waals surface area (Å²) in [6.45, 7) is 6.29. The number of carbonyl (C=O) groups excluding carboxylic acids is 1. The molecule has 0 aromatic carbocycles. The van der Waals surface area contributed by atoms with E-state index in [4.69, 9.17) is 5.10 Å². The first-order chi connectivity index (χ1) is 16.5. The van der Waals surface area contributed by atoms with E-state index in [1.165, 1.54) is 50.8 Å². The van der Waals surface area contributed by atoms with Crippen LogP contribution in [0, 0.1) is 19.8 Å². The van der Waals surface area contributed by atoms with E-state index in [1.54, 1.807) is 11.0 Å². The number of carbonyl (C=O) groups is 1. The maximum Gasteiger partial charge on any atom is 0.255 e. The van der Waals surface area contributed by atoms with Crippen LogP contribution in [-0.2, 0) is 4.79 Å². The first-order valence-corrected chi connectivity index (χ1v) is 12.5. The quantitative estimate of drug-likeness (QED) is 0.674. The first-order valence-electron chi connectivity index (χ1n) is 12.5. The molecule has 2 fully saturated rings. The summed E-state index contributed by atoms with van der Waals surface area (Å²) in [6.07, 6.45) is 22.4. The number of aryl methyl sites for hydroxylation is 2. The highest BCUT2D eigenvalue weighted by molar-refractivity contribution is 5.99. The van der Waals surface area contributed by atoms with Crippen LogP contribution < -0.4 is 0 Å². The Morgan fingerprint density at radius 2 is 1.85 bits per heavy atom. The highest BCUT2D eigenvalue weighted by Crippen LogP contribution is 2.34. The lowest BCUT2D eigenvalue weighted by Gasteiger charge is -2.42. The number of allylic oxidation sites excluding steroid dienone is 7. The molecule has 1 saturated carbocycles. The highest BCUT2D eigenvalue weighted by Gasteiger charge is 2.30. The molecule has 0 N–H and O–H groups in total. The van der Waals surface area contributed by atoms with Crippen molar-refractivity contribution in [2.75, 3.05) is 13.1 Å². The maximum atomic E-state index is 13.4. The van der Waals surface area contributed by atoms with Gasteiger partial charge in [0, 0.05) is 29.6 Å². The van der Waals surface area contributed by atoms with Crippen molar-refractivity contribution < 1.29 is 4.79 Å². The summed E-state index contributed by atoms with van der Waals surface area (Å²) in [5, 5.41) is 4.72. The highest BCUT2D eigenvalue weighted by atomic mass is 16.2. The molecule has 4 aliphatic rings. The van der Waals surface area contributed by atoms with Crippen molar-refractivity contribution in [3.8, 4) is 0 Å². The van der Waals surface area contributed by atoms with Gasteiger partial charge in [-0.25, -0.2) is 4.52 Å². The molecule has 1 amide bonds. The van der Waals surface area contributed by atoms with Gasteiger partial charge in [-0.05, 0) is 82.3 Å². The molecule has 2 aromatic rings. The molecule has 6 rings (SSSR count). The van der Waals surface area contributed by atoms with Crippen molar-refractivity contribution in [2.45, 2.75) is 52.0 Å². The van der Waals surface area contributed by atoms with Gasteiger partial charge in [0.2, 0.25) is 0 Å². The molecule has 3 aliphatic heterocycles. The van der Waals surface area contributed by atoms with Gasteiger partial charge in [-0.3, -0.25) is 14.7 Å². The fraction of sp³-hybridized carbons (Fsp3) is 0.393. The molecule has 6 nitrogen and oxygen atoms in total. The predicted molar refractivity (Wildman–Crippen MR) is 134 cm³/mol. The molecule has 174 valence electrons. The van der Waals surface area contributed by atoms with E-state index >= 15 is 0 Å². The lowest BCUT2D eigenvalue weighted by atomic mass is 9.84. The number of hydrogen-bond acceptors (Lipinski definition) is 4. The molecule has 0 atom stereocenters. The first kappa shape index (κ1) is 21.3. The molecule has 0 spiro atoms. The number of fused-ring (bicyclic) bond motifs is 2. The van der Waals surface area contributed by atoms with E-state index in [0.717, 1.165) is 39.9 Å². The van der Waals surface area contributed by atoms with E-state index in [0.29, 0.717) is 5.92 Å². The average Bonchev–Trinajstić information content (AvgIpc) is 3.21. The standard InChI is InChI=1S/C28H31N5O/c1-19-17-33-27(20(2)29-19)16-26(30-33)22-5-3-8-25-10-9-23(18-32(25)28(34)15-22)21-11-13-31(14-12-21)24-6-4-7-24/h3,5,8-10,15-18,21,24H,4,6-7,11-14H2,1-2H3/b5-3?,22-15?,25-8+. The van der Waals surface area contributed by atoms with Crippen LogP contribution in [0.3, 0.4) is 0 Å². The second kappa shape index (κ2) is 8.51. The van der Waals surface area contributed by atoms with Gasteiger partial charge in [-0.2, -0.15) is 5.10 Å². The topological polar surface area (TPSA) is 53.7 Å². The second-order valence-corrected chi connectivity index (χ2v) is 9.94. The third-order valence-electron chi connectivity index (χ3n) is 7.71. The van der Waals surface area contributed by atoms with Crippen LogP contribution in [0.1, 0.15) is 49.2 Å². The molecule has 0 bridgehead atoms. The van der Waals surface area contributed by atoms with Gasteiger partial charge in [-0.15, -0.1) is 0 Å². The molecule has 1 aliphatic carbocycles. The van der Waals surface area contributed by atoms with Gasteiger partial charge in [0.25, 0.3) is 5.91 Å². The number of aromatic nitrogens is 3. The molecule has 0 unspecified atom stereocenters. The van der Waals surface area contributed by atoms with Gasteiger partial charge in [0.05, 0.1) is 28.8 Å². The molecule has 2 aromatic heterocycles. The van der Waals surface area contributed by atoms with Crippen LogP contribution in [0.4, 0.5) is 0 Å². The number of rotatable bonds is 3. The number of nitrogens with zero attached hydrogens (tertiary/aromatic N) is 5. The largest absolute Gasteiger partial charge is 0.300 e. The van der Waals surface area contributed by atoms with E-state index < -0.39 is 0 Å². The van der Waals surface area contributed by atoms with Gasteiger partial charge in [0.15, 0.2) is 0 Å². The normalized spacial score (nSPS) is 23.6. The fourth-order valence-corrected chi connectivity index (χ4v) is 5.54. The van der Waals surface area contributed by atoms with Crippen molar-refractivity contribution >= 4 is 17.0 Å². The maximum absolute atomic E-state index is 13.4. The zero-order valence-electron chi connectivity index (χ0n) is 19.9. The van der Waals surface area contributed by atoms with Crippen LogP contribution in [0.2, 0.25) is 0 Å². The summed E-state index contributed by atoms with van der Waals surface area (Å²) in [5.41, 5.74) is 6.55. The van der Waals surface area contributed by atoms with Crippen LogP contribution in [0.15, 0.2) is 66.2 Å². The van der Waals surface area contributed by atoms with Crippen molar-refractivity contribution in [1.82, 2.24) is 24.4 Å². The summed E-state index contributed by atoms with van der Waals surface area (Å²) in [4.78, 5) is 22.4. The zero-order valence-corrected chi connectivity index (χ0v) is 19.9. The average molecular weight is 454 g/mol. The van der Waals surface area contributed by atoms with Crippen molar-refractivity contribution in [3.05, 3.63) is 83.3 Å². The molecule has 1 saturated heterocycles. The summed E-state index contributed by atoms with van der Waals surface area (Å²) >= 11 is 0. The predicted octanol–water partition coefficient (Wildman–Crippen LogP) is 4.73. The lowest BCUT2D eigenvalue weighted by molar-refractivity contribution is -0.122. The Morgan fingerprint density at radius 3 is 2.62 bits per heavy atom. The Bertz CT molecular complexity index is 1300. The van der Waals surface area contributed by atoms with Gasteiger partial charge >= 0.3 is 0 Å². The number of hydrogen-bond donors (Lipinski definition) is 0. The van der Waals surface area contributed by atoms with Gasteiger partial charge in [0.1, 0.15) is 0 Å². The minimum absolute atomic E-state index is 0.0394. The summed E-state index contributed by atoms with van der Waals surface area (Å²) < 4.78 is 1.85. The monoisotopic (exact) mass is 453 g/mol. The van der Waals surface area contributed by atoms with E-state index in [-0.39, 0.29) is 5.91 Å². The van der Waals surface area contributed by atoms with E-state index in [2.05, 4.69) is 28.2 Å². The Hall–Kier alpha value is -3.25. The van der Waals surface area contributed by atoms with Crippen LogP contribution >= 0.6 is 0 Å². The second-order valence-electron chi connectivity index (χ2n) is 9.94. The van der Waals surface area contributed by atoms with E-state index in [9.17, 15) is 4.79 Å². The number of amides is 1. The summed E-state index contributed by atoms with van der Waals surface area (Å²) in [6, 6.07) is 2.82. The Balaban J connectivity index is 1.25. The smallest absolute Gasteiger partial charge is 0.255 e. The molecular weight excluding hydrogens is 422 g/mol. The van der Waals surface area contributed by atoms with Crippen molar-refractivity contribution in [3.63, 3.8) is 0 Å². The van der Waals surface area contributed by atoms with Gasteiger partial charge in [-0.1, -0.05) is 24.6 Å². The molecule has 34 heavy (non-hydrogen) atoms. The van der Waals surface area contributed by atoms with E-state index in [1.807, 2.05) is 48.9 Å². The molecule has 5 heterocycles. The summed E-state index contributed by atoms with van der Waals surface area (Å²) in [7, 11) is 0.